The van der Waals surface area contributed by atoms with Gasteiger partial charge in [-0.15, -0.1) is 0 Å². The quantitative estimate of drug-likeness (QED) is 0.0538. The topological polar surface area (TPSA) is 105 Å². The zero-order valence-electron chi connectivity index (χ0n) is 36.9. The molecule has 4 aliphatic carbocycles. The number of carbonyl (C=O) groups is 1. The summed E-state index contributed by atoms with van der Waals surface area (Å²) in [7, 11) is 0. The van der Waals surface area contributed by atoms with Crippen molar-refractivity contribution in [3.8, 4) is 0 Å². The van der Waals surface area contributed by atoms with E-state index in [0.29, 0.717) is 17.8 Å². The van der Waals surface area contributed by atoms with Crippen molar-refractivity contribution in [2.75, 3.05) is 6.61 Å². The second-order valence-corrected chi connectivity index (χ2v) is 20.5. The fraction of sp³-hybridized carbons (Fsp3) is 0.939. The fourth-order valence-corrected chi connectivity index (χ4v) is 12.7. The normalized spacial score (nSPS) is 37.4. The Morgan fingerprint density at radius 3 is 2.11 bits per heavy atom. The minimum absolute atomic E-state index is 0.136. The standard InChI is InChI=1S/C49H86O7/c1-7-8-9-10-11-12-13-14-15-16-17-18-19-23-43(50)54-33-42-44(51)45(52)46(53)47(56-42)55-37-28-30-48(5)36(32-37)24-25-38-40-27-26-39(35(4)22-20-21-34(2)3)49(40,6)31-29-41(38)48/h24,34-35,37-42,44-47,51-53H,7-23,25-33H2,1-6H3/t35-,37+,38+,39-,40+,41+,42-,44-,45+,46-,47-,48+,49-/m1/s1. The highest BCUT2D eigenvalue weighted by molar-refractivity contribution is 5.69. The Hall–Kier alpha value is -0.990. The number of aliphatic hydroxyl groups is 3. The van der Waals surface area contributed by atoms with E-state index in [9.17, 15) is 20.1 Å². The molecule has 0 amide bonds. The van der Waals surface area contributed by atoms with E-state index in [4.69, 9.17) is 14.2 Å². The van der Waals surface area contributed by atoms with Gasteiger partial charge in [-0.25, -0.2) is 0 Å². The Balaban J connectivity index is 1.03. The smallest absolute Gasteiger partial charge is 0.305 e. The molecule has 13 atom stereocenters. The van der Waals surface area contributed by atoms with Gasteiger partial charge in [0.25, 0.3) is 0 Å². The molecule has 7 nitrogen and oxygen atoms in total. The van der Waals surface area contributed by atoms with Crippen molar-refractivity contribution in [1.82, 2.24) is 0 Å². The Morgan fingerprint density at radius 1 is 0.786 bits per heavy atom. The maximum Gasteiger partial charge on any atom is 0.305 e. The van der Waals surface area contributed by atoms with Crippen LogP contribution < -0.4 is 0 Å². The van der Waals surface area contributed by atoms with E-state index in [2.05, 4.69) is 47.6 Å². The first-order chi connectivity index (χ1) is 26.9. The molecule has 5 rings (SSSR count). The van der Waals surface area contributed by atoms with Crippen molar-refractivity contribution in [3.05, 3.63) is 11.6 Å². The maximum atomic E-state index is 12.6. The molecule has 0 spiro atoms. The van der Waals surface area contributed by atoms with E-state index in [-0.39, 0.29) is 24.1 Å². The van der Waals surface area contributed by atoms with Crippen LogP contribution in [0.3, 0.4) is 0 Å². The van der Waals surface area contributed by atoms with Crippen molar-refractivity contribution >= 4 is 5.97 Å². The van der Waals surface area contributed by atoms with E-state index in [1.807, 2.05) is 0 Å². The summed E-state index contributed by atoms with van der Waals surface area (Å²) in [6.45, 7) is 14.5. The Morgan fingerprint density at radius 2 is 1.45 bits per heavy atom. The average Bonchev–Trinajstić information content (AvgIpc) is 3.53. The molecular formula is C49H86O7. The van der Waals surface area contributed by atoms with Crippen LogP contribution in [0.1, 0.15) is 202 Å². The number of hydrogen-bond donors (Lipinski definition) is 3. The number of allylic oxidation sites excluding steroid dienone is 1. The van der Waals surface area contributed by atoms with Crippen LogP contribution in [0.15, 0.2) is 11.6 Å². The Labute approximate surface area is 342 Å². The van der Waals surface area contributed by atoms with Crippen LogP contribution in [-0.4, -0.2) is 64.7 Å². The van der Waals surface area contributed by atoms with Gasteiger partial charge in [-0.2, -0.15) is 0 Å². The highest BCUT2D eigenvalue weighted by atomic mass is 16.7. The monoisotopic (exact) mass is 787 g/mol. The van der Waals surface area contributed by atoms with Gasteiger partial charge in [-0.3, -0.25) is 4.79 Å². The third-order valence-corrected chi connectivity index (χ3v) is 16.1. The average molecular weight is 787 g/mol. The number of aliphatic hydroxyl groups excluding tert-OH is 3. The van der Waals surface area contributed by atoms with Crippen molar-refractivity contribution in [2.24, 2.45) is 46.3 Å². The van der Waals surface area contributed by atoms with Gasteiger partial charge in [0.15, 0.2) is 6.29 Å². The van der Waals surface area contributed by atoms with Crippen molar-refractivity contribution < 1.29 is 34.3 Å². The molecule has 0 aromatic heterocycles. The number of ether oxygens (including phenoxy) is 3. The van der Waals surface area contributed by atoms with E-state index >= 15 is 0 Å². The van der Waals surface area contributed by atoms with Gasteiger partial charge in [0.1, 0.15) is 31.0 Å². The molecule has 1 heterocycles. The maximum absolute atomic E-state index is 12.6. The lowest BCUT2D eigenvalue weighted by Gasteiger charge is -2.58. The van der Waals surface area contributed by atoms with Gasteiger partial charge >= 0.3 is 5.97 Å². The Bertz CT molecular complexity index is 1200. The van der Waals surface area contributed by atoms with Gasteiger partial charge in [0.05, 0.1) is 6.10 Å². The molecular weight excluding hydrogens is 701 g/mol. The summed E-state index contributed by atoms with van der Waals surface area (Å²) in [5, 5.41) is 32.4. The predicted octanol–water partition coefficient (Wildman–Crippen LogP) is 11.2. The van der Waals surface area contributed by atoms with Crippen molar-refractivity contribution in [3.63, 3.8) is 0 Å². The molecule has 7 heteroatoms. The molecule has 56 heavy (non-hydrogen) atoms. The molecule has 0 aromatic carbocycles. The lowest BCUT2D eigenvalue weighted by Crippen LogP contribution is -2.60. The molecule has 324 valence electrons. The second kappa shape index (κ2) is 22.0. The molecule has 0 radical (unpaired) electrons. The summed E-state index contributed by atoms with van der Waals surface area (Å²) >= 11 is 0. The van der Waals surface area contributed by atoms with Crippen LogP contribution in [-0.2, 0) is 19.0 Å². The van der Waals surface area contributed by atoms with Crippen LogP contribution in [0.25, 0.3) is 0 Å². The largest absolute Gasteiger partial charge is 0.463 e. The summed E-state index contributed by atoms with van der Waals surface area (Å²) in [6.07, 6.45) is 26.2. The lowest BCUT2D eigenvalue weighted by molar-refractivity contribution is -0.313. The SMILES string of the molecule is CCCCCCCCCCCCCCCC(=O)OC[C@H]1O[C@@H](O[C@H]2CC[C@@]3(C)C(=CC[C@H]4[C@@H]5CC[C@H]([C@H](C)CCCC(C)C)[C@@]5(C)CC[C@@H]43)C2)[C@H](O)[C@@H](O)[C@@H]1O. The number of unbranched alkanes of at least 4 members (excludes halogenated alkanes) is 12. The fourth-order valence-electron chi connectivity index (χ4n) is 12.7. The highest BCUT2D eigenvalue weighted by Gasteiger charge is 2.59. The highest BCUT2D eigenvalue weighted by Crippen LogP contribution is 2.67. The Kier molecular flexibility index (Phi) is 18.1. The summed E-state index contributed by atoms with van der Waals surface area (Å²) in [5.41, 5.74) is 2.15. The van der Waals surface area contributed by atoms with Gasteiger partial charge < -0.3 is 29.5 Å². The summed E-state index contributed by atoms with van der Waals surface area (Å²) in [5.74, 6) is 4.45. The molecule has 4 fully saturated rings. The van der Waals surface area contributed by atoms with Crippen LogP contribution >= 0.6 is 0 Å². The van der Waals surface area contributed by atoms with Crippen LogP contribution in [0.5, 0.6) is 0 Å². The molecule has 0 bridgehead atoms. The van der Waals surface area contributed by atoms with E-state index in [0.717, 1.165) is 74.5 Å². The molecule has 5 aliphatic rings. The first kappa shape index (κ1) is 46.1. The van der Waals surface area contributed by atoms with E-state index in [1.54, 1.807) is 0 Å². The zero-order chi connectivity index (χ0) is 40.3. The third-order valence-electron chi connectivity index (χ3n) is 16.1. The van der Waals surface area contributed by atoms with Crippen LogP contribution in [0, 0.1) is 46.3 Å². The number of esters is 1. The first-order valence-corrected chi connectivity index (χ1v) is 24.1. The van der Waals surface area contributed by atoms with Crippen molar-refractivity contribution in [2.45, 2.75) is 239 Å². The third kappa shape index (κ3) is 11.6. The van der Waals surface area contributed by atoms with Crippen molar-refractivity contribution in [1.29, 1.82) is 0 Å². The van der Waals surface area contributed by atoms with Gasteiger partial charge in [-0.05, 0) is 104 Å². The number of hydrogen-bond acceptors (Lipinski definition) is 7. The summed E-state index contributed by atoms with van der Waals surface area (Å²) in [6, 6.07) is 0. The van der Waals surface area contributed by atoms with Crippen LogP contribution in [0.4, 0.5) is 0 Å². The molecule has 1 saturated heterocycles. The minimum Gasteiger partial charge on any atom is -0.463 e. The van der Waals surface area contributed by atoms with Crippen LogP contribution in [0.2, 0.25) is 0 Å². The molecule has 3 saturated carbocycles. The number of rotatable bonds is 23. The molecule has 0 unspecified atom stereocenters. The summed E-state index contributed by atoms with van der Waals surface area (Å²) < 4.78 is 18.0. The molecule has 0 aromatic rings. The molecule has 1 aliphatic heterocycles. The lowest BCUT2D eigenvalue weighted by atomic mass is 9.47. The van der Waals surface area contributed by atoms with Gasteiger partial charge in [0, 0.05) is 6.42 Å². The minimum atomic E-state index is -1.44. The van der Waals surface area contributed by atoms with Gasteiger partial charge in [-0.1, -0.05) is 150 Å². The van der Waals surface area contributed by atoms with E-state index < -0.39 is 30.7 Å². The molecule has 3 N–H and O–H groups in total. The van der Waals surface area contributed by atoms with Gasteiger partial charge in [0.2, 0.25) is 0 Å². The zero-order valence-corrected chi connectivity index (χ0v) is 36.9. The van der Waals surface area contributed by atoms with E-state index in [1.165, 1.54) is 115 Å². The first-order valence-electron chi connectivity index (χ1n) is 24.1. The number of fused-ring (bicyclic) bond motifs is 5. The predicted molar refractivity (Wildman–Crippen MR) is 226 cm³/mol. The number of carbonyl (C=O) groups excluding carboxylic acids is 1. The second-order valence-electron chi connectivity index (χ2n) is 20.5. The summed E-state index contributed by atoms with van der Waals surface area (Å²) in [4.78, 5) is 12.6.